The normalized spacial score (nSPS) is 11.7. The van der Waals surface area contributed by atoms with E-state index >= 15 is 0 Å². The Bertz CT molecular complexity index is 2310. The summed E-state index contributed by atoms with van der Waals surface area (Å²) < 4.78 is 55.2. The summed E-state index contributed by atoms with van der Waals surface area (Å²) in [6.45, 7) is 8.18. The molecule has 0 saturated heterocycles. The van der Waals surface area contributed by atoms with Crippen molar-refractivity contribution in [2.75, 3.05) is 41.7 Å². The van der Waals surface area contributed by atoms with E-state index in [0.717, 1.165) is 0 Å². The van der Waals surface area contributed by atoms with Gasteiger partial charge in [0.05, 0.1) is 50.8 Å². The van der Waals surface area contributed by atoms with Crippen LogP contribution in [-0.4, -0.2) is 77.7 Å². The average molecular weight is 851 g/mol. The molecule has 0 radical (unpaired) electrons. The molecule has 0 aliphatic carbocycles. The van der Waals surface area contributed by atoms with E-state index in [4.69, 9.17) is 47.4 Å². The Morgan fingerprint density at radius 1 is 0.452 bits per heavy atom. The van der Waals surface area contributed by atoms with Crippen LogP contribution in [0.4, 0.5) is 0 Å². The molecule has 0 heterocycles. The maximum Gasteiger partial charge on any atom is 0.347 e. The van der Waals surface area contributed by atoms with Gasteiger partial charge in [-0.2, -0.15) is 0 Å². The molecule has 5 aromatic rings. The molecule has 0 N–H and O–H groups in total. The van der Waals surface area contributed by atoms with E-state index in [0.29, 0.717) is 54.4 Å². The number of ether oxygens (including phenoxy) is 10. The number of hydrogen-bond donors (Lipinski definition) is 0. The second kappa shape index (κ2) is 22.1. The van der Waals surface area contributed by atoms with E-state index in [2.05, 4.69) is 0 Å². The van der Waals surface area contributed by atoms with Gasteiger partial charge in [-0.25, -0.2) is 19.2 Å². The monoisotopic (exact) mass is 850 g/mol. The fraction of sp³-hybridized carbons (Fsp3) is 0.292. The number of carbonyl (C=O) groups is 4. The third kappa shape index (κ3) is 12.6. The SMILES string of the molecule is COc1cc(OCCC(C)OC)ccc1C(=O)Oc1ccc(C(=O)Oc2cc(C)c(OC(=O)c3ccc(OC(=O)c4ccc(OCCC(C)OC)cc4OC)cc3)c(C)c2)cc1. The van der Waals surface area contributed by atoms with Crippen LogP contribution in [0.25, 0.3) is 0 Å². The molecule has 0 aliphatic rings. The maximum absolute atomic E-state index is 13.2. The van der Waals surface area contributed by atoms with Crippen LogP contribution in [0.15, 0.2) is 97.1 Å². The topological polar surface area (TPSA) is 161 Å². The van der Waals surface area contributed by atoms with Crippen molar-refractivity contribution in [3.05, 3.63) is 130 Å². The first-order chi connectivity index (χ1) is 29.8. The molecule has 14 nitrogen and oxygen atoms in total. The van der Waals surface area contributed by atoms with Gasteiger partial charge in [-0.3, -0.25) is 0 Å². The van der Waals surface area contributed by atoms with Crippen LogP contribution in [0.5, 0.6) is 46.0 Å². The van der Waals surface area contributed by atoms with Crippen molar-refractivity contribution in [2.45, 2.75) is 52.7 Å². The molecule has 2 unspecified atom stereocenters. The van der Waals surface area contributed by atoms with Crippen molar-refractivity contribution < 1.29 is 66.5 Å². The third-order valence-electron chi connectivity index (χ3n) is 9.62. The molecule has 0 bridgehead atoms. The molecule has 0 saturated carbocycles. The summed E-state index contributed by atoms with van der Waals surface area (Å²) in [7, 11) is 6.16. The number of aryl methyl sites for hydroxylation is 2. The molecule has 5 aromatic carbocycles. The minimum atomic E-state index is -0.656. The van der Waals surface area contributed by atoms with Crippen molar-refractivity contribution in [3.63, 3.8) is 0 Å². The zero-order valence-corrected chi connectivity index (χ0v) is 35.9. The molecule has 2 atom stereocenters. The van der Waals surface area contributed by atoms with E-state index in [9.17, 15) is 19.2 Å². The fourth-order valence-corrected chi connectivity index (χ4v) is 5.87. The fourth-order valence-electron chi connectivity index (χ4n) is 5.87. The van der Waals surface area contributed by atoms with Crippen molar-refractivity contribution in [1.82, 2.24) is 0 Å². The number of esters is 4. The summed E-state index contributed by atoms with van der Waals surface area (Å²) in [5, 5.41) is 0. The van der Waals surface area contributed by atoms with Crippen molar-refractivity contribution in [1.29, 1.82) is 0 Å². The van der Waals surface area contributed by atoms with E-state index in [1.54, 1.807) is 76.6 Å². The number of carbonyl (C=O) groups excluding carboxylic acids is 4. The molecule has 14 heteroatoms. The average Bonchev–Trinajstić information content (AvgIpc) is 3.27. The second-order valence-electron chi connectivity index (χ2n) is 14.1. The van der Waals surface area contributed by atoms with Crippen LogP contribution >= 0.6 is 0 Å². The summed E-state index contributed by atoms with van der Waals surface area (Å²) in [5.74, 6) is -0.0562. The van der Waals surface area contributed by atoms with Gasteiger partial charge in [0, 0.05) is 39.2 Å². The van der Waals surface area contributed by atoms with Crippen LogP contribution in [0.3, 0.4) is 0 Å². The van der Waals surface area contributed by atoms with E-state index in [1.165, 1.54) is 62.8 Å². The smallest absolute Gasteiger partial charge is 0.347 e. The van der Waals surface area contributed by atoms with Crippen LogP contribution in [0, 0.1) is 13.8 Å². The lowest BCUT2D eigenvalue weighted by Crippen LogP contribution is -2.13. The Hall–Kier alpha value is -6.90. The molecule has 0 spiro atoms. The minimum Gasteiger partial charge on any atom is -0.496 e. The summed E-state index contributed by atoms with van der Waals surface area (Å²) in [6, 6.07) is 24.6. The zero-order chi connectivity index (χ0) is 44.8. The van der Waals surface area contributed by atoms with Crippen LogP contribution < -0.4 is 37.9 Å². The molecular formula is C48H50O14. The summed E-state index contributed by atoms with van der Waals surface area (Å²) in [6.07, 6.45) is 1.48. The highest BCUT2D eigenvalue weighted by atomic mass is 16.6. The van der Waals surface area contributed by atoms with Gasteiger partial charge >= 0.3 is 23.9 Å². The molecule has 0 amide bonds. The Labute approximate surface area is 360 Å². The van der Waals surface area contributed by atoms with Gasteiger partial charge in [0.15, 0.2) is 0 Å². The van der Waals surface area contributed by atoms with Gasteiger partial charge in [-0.15, -0.1) is 0 Å². The standard InChI is InChI=1S/C48H50O14/c1-29-25-39(61-45(49)33-9-13-35(14-10-33)59-47(51)40-19-17-37(27-42(40)55-7)57-23-21-31(3)53-5)26-30(2)44(29)62-46(50)34-11-15-36(16-12-34)60-48(52)41-20-18-38(28-43(41)56-8)58-24-22-32(4)54-6/h9-20,25-28,31-32H,21-24H2,1-8H3. The Balaban J connectivity index is 1.14. The molecular weight excluding hydrogens is 801 g/mol. The maximum atomic E-state index is 13.2. The number of hydrogen-bond acceptors (Lipinski definition) is 14. The first-order valence-corrected chi connectivity index (χ1v) is 19.7. The first kappa shape index (κ1) is 46.2. The molecule has 0 fully saturated rings. The van der Waals surface area contributed by atoms with Gasteiger partial charge in [0.1, 0.15) is 57.1 Å². The highest BCUT2D eigenvalue weighted by Gasteiger charge is 2.20. The second-order valence-corrected chi connectivity index (χ2v) is 14.1. The van der Waals surface area contributed by atoms with Crippen molar-refractivity contribution in [2.24, 2.45) is 0 Å². The lowest BCUT2D eigenvalue weighted by molar-refractivity contribution is 0.0714. The van der Waals surface area contributed by atoms with Gasteiger partial charge in [0.25, 0.3) is 0 Å². The quantitative estimate of drug-likeness (QED) is 0.0540. The minimum absolute atomic E-state index is 0.0467. The first-order valence-electron chi connectivity index (χ1n) is 19.7. The van der Waals surface area contributed by atoms with Gasteiger partial charge in [0.2, 0.25) is 0 Å². The Kier molecular flexibility index (Phi) is 16.4. The van der Waals surface area contributed by atoms with Gasteiger partial charge < -0.3 is 47.4 Å². The highest BCUT2D eigenvalue weighted by Crippen LogP contribution is 2.31. The lowest BCUT2D eigenvalue weighted by atomic mass is 10.1. The lowest BCUT2D eigenvalue weighted by Gasteiger charge is -2.14. The summed E-state index contributed by atoms with van der Waals surface area (Å²) in [5.41, 5.74) is 1.89. The molecule has 326 valence electrons. The predicted molar refractivity (Wildman–Crippen MR) is 228 cm³/mol. The molecule has 0 aromatic heterocycles. The predicted octanol–water partition coefficient (Wildman–Crippen LogP) is 8.81. The molecule has 0 aliphatic heterocycles. The number of benzene rings is 5. The van der Waals surface area contributed by atoms with Crippen molar-refractivity contribution in [3.8, 4) is 46.0 Å². The summed E-state index contributed by atoms with van der Waals surface area (Å²) >= 11 is 0. The Morgan fingerprint density at radius 3 is 1.21 bits per heavy atom. The van der Waals surface area contributed by atoms with Gasteiger partial charge in [-0.05, 0) is 124 Å². The van der Waals surface area contributed by atoms with Crippen LogP contribution in [0.2, 0.25) is 0 Å². The Morgan fingerprint density at radius 2 is 0.823 bits per heavy atom. The molecule has 5 rings (SSSR count). The van der Waals surface area contributed by atoms with Crippen LogP contribution in [0.1, 0.15) is 79.2 Å². The third-order valence-corrected chi connectivity index (χ3v) is 9.62. The van der Waals surface area contributed by atoms with Gasteiger partial charge in [-0.1, -0.05) is 0 Å². The van der Waals surface area contributed by atoms with Crippen molar-refractivity contribution >= 4 is 23.9 Å². The highest BCUT2D eigenvalue weighted by molar-refractivity contribution is 5.96. The van der Waals surface area contributed by atoms with E-state index in [1.807, 2.05) is 13.8 Å². The van der Waals surface area contributed by atoms with E-state index < -0.39 is 23.9 Å². The summed E-state index contributed by atoms with van der Waals surface area (Å²) in [4.78, 5) is 52.2. The molecule has 62 heavy (non-hydrogen) atoms. The number of rotatable bonds is 20. The largest absolute Gasteiger partial charge is 0.496 e. The number of methoxy groups -OCH3 is 4. The van der Waals surface area contributed by atoms with E-state index in [-0.39, 0.29) is 63.2 Å². The van der Waals surface area contributed by atoms with Crippen LogP contribution in [-0.2, 0) is 9.47 Å². The zero-order valence-electron chi connectivity index (χ0n) is 35.9.